The van der Waals surface area contributed by atoms with Crippen LogP contribution >= 0.6 is 34.8 Å². The molecule has 1 amide bonds. The number of halogens is 4. The lowest BCUT2D eigenvalue weighted by molar-refractivity contribution is 0.0525. The summed E-state index contributed by atoms with van der Waals surface area (Å²) in [5, 5.41) is 7.79. The Balaban J connectivity index is 1.93. The minimum Gasteiger partial charge on any atom is -0.444 e. The quantitative estimate of drug-likeness (QED) is 0.388. The van der Waals surface area contributed by atoms with Gasteiger partial charge in [-0.2, -0.15) is 5.10 Å². The highest BCUT2D eigenvalue weighted by Crippen LogP contribution is 2.28. The van der Waals surface area contributed by atoms with Gasteiger partial charge in [0, 0.05) is 27.7 Å². The summed E-state index contributed by atoms with van der Waals surface area (Å²) < 4.78 is 21.1. The van der Waals surface area contributed by atoms with Crippen LogP contribution in [0.4, 0.5) is 9.18 Å². The molecule has 2 aromatic carbocycles. The van der Waals surface area contributed by atoms with Crippen molar-refractivity contribution in [2.24, 2.45) is 0 Å². The molecular formula is C23H21Cl3FN3O3. The first-order valence-corrected chi connectivity index (χ1v) is 11.1. The summed E-state index contributed by atoms with van der Waals surface area (Å²) in [6.45, 7) is 5.49. The number of ether oxygens (including phenoxy) is 1. The van der Waals surface area contributed by atoms with Crippen LogP contribution in [0.2, 0.25) is 15.1 Å². The van der Waals surface area contributed by atoms with Crippen LogP contribution in [-0.4, -0.2) is 33.8 Å². The summed E-state index contributed by atoms with van der Waals surface area (Å²) in [6.07, 6.45) is -0.604. The molecule has 33 heavy (non-hydrogen) atoms. The van der Waals surface area contributed by atoms with E-state index in [4.69, 9.17) is 39.5 Å². The van der Waals surface area contributed by atoms with Gasteiger partial charge in [0.2, 0.25) is 5.78 Å². The number of rotatable bonds is 6. The Kier molecular flexibility index (Phi) is 7.67. The Labute approximate surface area is 205 Å². The number of nitrogens with one attached hydrogen (secondary N) is 1. The molecule has 0 saturated heterocycles. The second-order valence-corrected chi connectivity index (χ2v) is 9.42. The van der Waals surface area contributed by atoms with E-state index in [1.807, 2.05) is 0 Å². The highest BCUT2D eigenvalue weighted by molar-refractivity contribution is 6.37. The number of amides is 1. The predicted octanol–water partition coefficient (Wildman–Crippen LogP) is 6.41. The van der Waals surface area contributed by atoms with E-state index in [0.717, 1.165) is 6.07 Å². The number of carbonyl (C=O) groups is 2. The molecule has 0 bridgehead atoms. The van der Waals surface area contributed by atoms with E-state index in [9.17, 15) is 14.0 Å². The summed E-state index contributed by atoms with van der Waals surface area (Å²) in [5.41, 5.74) is 0.131. The number of aromatic nitrogens is 2. The molecule has 0 atom stereocenters. The van der Waals surface area contributed by atoms with Crippen LogP contribution in [-0.2, 0) is 11.3 Å². The van der Waals surface area contributed by atoms with Gasteiger partial charge < -0.3 is 10.1 Å². The Hall–Kier alpha value is -2.61. The van der Waals surface area contributed by atoms with E-state index in [0.29, 0.717) is 5.02 Å². The third-order valence-electron chi connectivity index (χ3n) is 4.39. The average molecular weight is 513 g/mol. The Morgan fingerprint density at radius 3 is 2.36 bits per heavy atom. The summed E-state index contributed by atoms with van der Waals surface area (Å²) in [5.74, 6) is -1.01. The number of hydrogen-bond acceptors (Lipinski definition) is 4. The fraction of sp³-hybridized carbons (Fsp3) is 0.261. The van der Waals surface area contributed by atoms with Crippen LogP contribution in [0.3, 0.4) is 0 Å². The monoisotopic (exact) mass is 511 g/mol. The second-order valence-electron chi connectivity index (χ2n) is 8.14. The Bertz CT molecular complexity index is 1210. The molecule has 0 fully saturated rings. The zero-order chi connectivity index (χ0) is 24.3. The molecule has 0 saturated carbocycles. The first-order valence-electron chi connectivity index (χ1n) is 9.94. The molecule has 6 nitrogen and oxygen atoms in total. The first kappa shape index (κ1) is 25.0. The van der Waals surface area contributed by atoms with Gasteiger partial charge in [0.1, 0.15) is 17.1 Å². The third-order valence-corrected chi connectivity index (χ3v) is 5.17. The van der Waals surface area contributed by atoms with Crippen LogP contribution in [0, 0.1) is 5.82 Å². The number of benzene rings is 2. The van der Waals surface area contributed by atoms with Crippen LogP contribution in [0.1, 0.15) is 36.8 Å². The summed E-state index contributed by atoms with van der Waals surface area (Å²) >= 11 is 18.0. The molecule has 10 heteroatoms. The van der Waals surface area contributed by atoms with Crippen LogP contribution < -0.4 is 5.32 Å². The van der Waals surface area contributed by atoms with Crippen LogP contribution in [0.5, 0.6) is 0 Å². The fourth-order valence-corrected chi connectivity index (χ4v) is 3.64. The molecule has 174 valence electrons. The van der Waals surface area contributed by atoms with Crippen molar-refractivity contribution in [3.8, 4) is 11.3 Å². The van der Waals surface area contributed by atoms with Gasteiger partial charge in [-0.05, 0) is 63.2 Å². The lowest BCUT2D eigenvalue weighted by Crippen LogP contribution is -2.34. The van der Waals surface area contributed by atoms with Gasteiger partial charge in [0.25, 0.3) is 0 Å². The molecule has 3 rings (SSSR count). The highest BCUT2D eigenvalue weighted by Gasteiger charge is 2.22. The molecule has 3 aromatic rings. The number of hydrogen-bond donors (Lipinski definition) is 1. The van der Waals surface area contributed by atoms with Crippen molar-refractivity contribution < 1.29 is 18.7 Å². The molecule has 1 N–H and O–H groups in total. The van der Waals surface area contributed by atoms with Gasteiger partial charge >= 0.3 is 6.09 Å². The molecule has 0 aliphatic rings. The Morgan fingerprint density at radius 2 is 1.73 bits per heavy atom. The minimum absolute atomic E-state index is 0.119. The lowest BCUT2D eigenvalue weighted by atomic mass is 10.1. The maximum atomic E-state index is 14.5. The van der Waals surface area contributed by atoms with Crippen molar-refractivity contribution in [3.63, 3.8) is 0 Å². The van der Waals surface area contributed by atoms with Gasteiger partial charge in [-0.25, -0.2) is 9.18 Å². The van der Waals surface area contributed by atoms with Crippen molar-refractivity contribution in [2.45, 2.75) is 32.9 Å². The standard InChI is InChI=1S/C23H21Cl3FN3O3/c1-23(2,3)33-22(32)28-8-9-30-20(21(31)15-6-4-13(24)10-17(15)26)12-19(29-30)16-7-5-14(25)11-18(16)27/h4-7,10-12H,8-9H2,1-3H3,(H,28,32). The molecule has 0 radical (unpaired) electrons. The maximum Gasteiger partial charge on any atom is 0.407 e. The molecule has 0 aliphatic heterocycles. The summed E-state index contributed by atoms with van der Waals surface area (Å²) in [4.78, 5) is 25.2. The van der Waals surface area contributed by atoms with E-state index >= 15 is 0 Å². The van der Waals surface area contributed by atoms with Crippen molar-refractivity contribution in [1.82, 2.24) is 15.1 Å². The van der Waals surface area contributed by atoms with E-state index in [-0.39, 0.29) is 45.6 Å². The third kappa shape index (κ3) is 6.47. The van der Waals surface area contributed by atoms with E-state index < -0.39 is 23.3 Å². The van der Waals surface area contributed by atoms with Crippen LogP contribution in [0.25, 0.3) is 11.3 Å². The normalized spacial score (nSPS) is 11.4. The van der Waals surface area contributed by atoms with Crippen molar-refractivity contribution in [1.29, 1.82) is 0 Å². The molecule has 0 unspecified atom stereocenters. The topological polar surface area (TPSA) is 73.2 Å². The van der Waals surface area contributed by atoms with Gasteiger partial charge in [0.05, 0.1) is 17.3 Å². The van der Waals surface area contributed by atoms with Crippen molar-refractivity contribution in [2.75, 3.05) is 6.54 Å². The maximum absolute atomic E-state index is 14.5. The smallest absolute Gasteiger partial charge is 0.407 e. The van der Waals surface area contributed by atoms with E-state index in [1.54, 1.807) is 26.8 Å². The van der Waals surface area contributed by atoms with Crippen molar-refractivity contribution >= 4 is 46.7 Å². The second kappa shape index (κ2) is 10.1. The number of alkyl carbamates (subject to hydrolysis) is 1. The van der Waals surface area contributed by atoms with Gasteiger partial charge in [-0.1, -0.05) is 34.8 Å². The minimum atomic E-state index is -0.651. The SMILES string of the molecule is CC(C)(C)OC(=O)NCCn1nc(-c2ccc(Cl)cc2F)cc1C(=O)c1ccc(Cl)cc1Cl. The number of carbonyl (C=O) groups excluding carboxylic acids is 2. The number of ketones is 1. The molecule has 0 spiro atoms. The summed E-state index contributed by atoms with van der Waals surface area (Å²) in [6, 6.07) is 10.1. The lowest BCUT2D eigenvalue weighted by Gasteiger charge is -2.19. The zero-order valence-corrected chi connectivity index (χ0v) is 20.4. The molecule has 1 aromatic heterocycles. The van der Waals surface area contributed by atoms with Gasteiger partial charge in [-0.3, -0.25) is 9.48 Å². The van der Waals surface area contributed by atoms with E-state index in [1.165, 1.54) is 35.0 Å². The van der Waals surface area contributed by atoms with Gasteiger partial charge in [-0.15, -0.1) is 0 Å². The largest absolute Gasteiger partial charge is 0.444 e. The molecule has 1 heterocycles. The highest BCUT2D eigenvalue weighted by atomic mass is 35.5. The van der Waals surface area contributed by atoms with Gasteiger partial charge in [0.15, 0.2) is 0 Å². The van der Waals surface area contributed by atoms with E-state index in [2.05, 4.69) is 10.4 Å². The molecule has 0 aliphatic carbocycles. The summed E-state index contributed by atoms with van der Waals surface area (Å²) in [7, 11) is 0. The average Bonchev–Trinajstić information content (AvgIpc) is 3.10. The van der Waals surface area contributed by atoms with Crippen molar-refractivity contribution in [3.05, 3.63) is 74.6 Å². The first-order chi connectivity index (χ1) is 15.4. The fourth-order valence-electron chi connectivity index (χ4n) is 2.99. The molecular weight excluding hydrogens is 492 g/mol. The number of nitrogens with zero attached hydrogens (tertiary/aromatic N) is 2. The Morgan fingerprint density at radius 1 is 1.06 bits per heavy atom. The predicted molar refractivity (Wildman–Crippen MR) is 127 cm³/mol. The van der Waals surface area contributed by atoms with Crippen LogP contribution in [0.15, 0.2) is 42.5 Å². The zero-order valence-electron chi connectivity index (χ0n) is 18.1.